The van der Waals surface area contributed by atoms with Gasteiger partial charge in [-0.3, -0.25) is 4.79 Å². The molecule has 1 amide bonds. The van der Waals surface area contributed by atoms with Crippen LogP contribution in [-0.4, -0.2) is 29.9 Å². The number of benzene rings is 1. The summed E-state index contributed by atoms with van der Waals surface area (Å²) in [5.74, 6) is 2.75. The number of ether oxygens (including phenoxy) is 2. The molecule has 1 aromatic carbocycles. The number of rotatable bonds is 7. The van der Waals surface area contributed by atoms with Gasteiger partial charge in [-0.1, -0.05) is 6.07 Å². The highest BCUT2D eigenvalue weighted by Crippen LogP contribution is 2.32. The second-order valence-electron chi connectivity index (χ2n) is 6.20. The van der Waals surface area contributed by atoms with E-state index in [4.69, 9.17) is 9.47 Å². The largest absolute Gasteiger partial charge is 0.497 e. The second kappa shape index (κ2) is 6.95. The highest BCUT2D eigenvalue weighted by molar-refractivity contribution is 5.92. The summed E-state index contributed by atoms with van der Waals surface area (Å²) in [5, 5.41) is 7.37. The number of carbonyl (C=O) groups is 1. The highest BCUT2D eigenvalue weighted by Gasteiger charge is 2.24. The van der Waals surface area contributed by atoms with Gasteiger partial charge in [-0.15, -0.1) is 0 Å². The quantitative estimate of drug-likeness (QED) is 0.848. The van der Waals surface area contributed by atoms with Crippen molar-refractivity contribution in [1.29, 1.82) is 0 Å². The van der Waals surface area contributed by atoms with E-state index in [1.807, 2.05) is 23.7 Å². The molecule has 0 aliphatic heterocycles. The lowest BCUT2D eigenvalue weighted by Crippen LogP contribution is -2.19. The van der Waals surface area contributed by atoms with Crippen molar-refractivity contribution < 1.29 is 14.3 Å². The zero-order valence-corrected chi connectivity index (χ0v) is 14.3. The molecule has 0 unspecified atom stereocenters. The summed E-state index contributed by atoms with van der Waals surface area (Å²) in [7, 11) is 3.19. The molecule has 0 bridgehead atoms. The van der Waals surface area contributed by atoms with E-state index < -0.39 is 0 Å². The average Bonchev–Trinajstić information content (AvgIpc) is 3.34. The predicted molar refractivity (Wildman–Crippen MR) is 91.6 cm³/mol. The number of hydrogen-bond donors (Lipinski definition) is 1. The molecule has 6 heteroatoms. The monoisotopic (exact) mass is 329 g/mol. The van der Waals surface area contributed by atoms with E-state index in [-0.39, 0.29) is 12.3 Å². The maximum atomic E-state index is 12.5. The summed E-state index contributed by atoms with van der Waals surface area (Å²) in [6.07, 6.45) is 4.53. The molecule has 24 heavy (non-hydrogen) atoms. The molecular formula is C18H23N3O3. The second-order valence-corrected chi connectivity index (χ2v) is 6.20. The number of carbonyl (C=O) groups excluding carboxylic acids is 1. The van der Waals surface area contributed by atoms with Crippen LogP contribution >= 0.6 is 0 Å². The SMILES string of the molecule is COc1ccc(CC(=O)Nc2c(C)cnn2CC2CC2)c(OC)c1. The average molecular weight is 329 g/mol. The number of amides is 1. The first-order chi connectivity index (χ1) is 11.6. The Hall–Kier alpha value is -2.50. The number of hydrogen-bond acceptors (Lipinski definition) is 4. The van der Waals surface area contributed by atoms with Crippen molar-refractivity contribution in [2.45, 2.75) is 32.7 Å². The van der Waals surface area contributed by atoms with Crippen LogP contribution in [0.1, 0.15) is 24.0 Å². The van der Waals surface area contributed by atoms with E-state index in [9.17, 15) is 4.79 Å². The normalized spacial score (nSPS) is 13.6. The topological polar surface area (TPSA) is 65.4 Å². The van der Waals surface area contributed by atoms with E-state index in [0.717, 1.165) is 23.5 Å². The molecule has 1 aliphatic rings. The molecule has 1 N–H and O–H groups in total. The van der Waals surface area contributed by atoms with Crippen molar-refractivity contribution in [3.05, 3.63) is 35.5 Å². The standard InChI is InChI=1S/C18H23N3O3/c1-12-10-19-21(11-13-4-5-13)18(12)20-17(22)8-14-6-7-15(23-2)9-16(14)24-3/h6-7,9-10,13H,4-5,8,11H2,1-3H3,(H,20,22). The minimum atomic E-state index is -0.0842. The van der Waals surface area contributed by atoms with Crippen molar-refractivity contribution in [2.24, 2.45) is 5.92 Å². The number of nitrogens with zero attached hydrogens (tertiary/aromatic N) is 2. The Balaban J connectivity index is 1.71. The molecule has 6 nitrogen and oxygen atoms in total. The van der Waals surface area contributed by atoms with Gasteiger partial charge in [0.1, 0.15) is 17.3 Å². The van der Waals surface area contributed by atoms with Gasteiger partial charge in [0.15, 0.2) is 0 Å². The molecule has 0 radical (unpaired) electrons. The summed E-state index contributed by atoms with van der Waals surface area (Å²) in [4.78, 5) is 12.5. The Bertz CT molecular complexity index is 735. The van der Waals surface area contributed by atoms with E-state index in [2.05, 4.69) is 10.4 Å². The third-order valence-corrected chi connectivity index (χ3v) is 4.25. The lowest BCUT2D eigenvalue weighted by molar-refractivity contribution is -0.115. The van der Waals surface area contributed by atoms with Crippen LogP contribution < -0.4 is 14.8 Å². The molecule has 0 atom stereocenters. The third kappa shape index (κ3) is 3.69. The number of nitrogens with one attached hydrogen (secondary N) is 1. The Labute approximate surface area is 141 Å². The number of anilines is 1. The van der Waals surface area contributed by atoms with Gasteiger partial charge in [0.25, 0.3) is 0 Å². The molecule has 1 heterocycles. The van der Waals surface area contributed by atoms with Crippen LogP contribution in [0, 0.1) is 12.8 Å². The van der Waals surface area contributed by atoms with Crippen LogP contribution in [0.4, 0.5) is 5.82 Å². The van der Waals surface area contributed by atoms with Gasteiger partial charge in [0.2, 0.25) is 5.91 Å². The van der Waals surface area contributed by atoms with Crippen molar-refractivity contribution in [3.8, 4) is 11.5 Å². The van der Waals surface area contributed by atoms with Crippen molar-refractivity contribution in [1.82, 2.24) is 9.78 Å². The fourth-order valence-corrected chi connectivity index (χ4v) is 2.67. The Morgan fingerprint density at radius 2 is 2.12 bits per heavy atom. The van der Waals surface area contributed by atoms with Gasteiger partial charge in [-0.25, -0.2) is 4.68 Å². The predicted octanol–water partition coefficient (Wildman–Crippen LogP) is 2.80. The number of aromatic nitrogens is 2. The molecule has 1 saturated carbocycles. The lowest BCUT2D eigenvalue weighted by atomic mass is 10.1. The first-order valence-electron chi connectivity index (χ1n) is 8.14. The minimum absolute atomic E-state index is 0.0842. The first-order valence-corrected chi connectivity index (χ1v) is 8.14. The van der Waals surface area contributed by atoms with Gasteiger partial charge < -0.3 is 14.8 Å². The Kier molecular flexibility index (Phi) is 4.74. The maximum Gasteiger partial charge on any atom is 0.230 e. The summed E-state index contributed by atoms with van der Waals surface area (Å²) in [6, 6.07) is 5.46. The summed E-state index contributed by atoms with van der Waals surface area (Å²) in [5.41, 5.74) is 1.80. The molecule has 3 rings (SSSR count). The fraction of sp³-hybridized carbons (Fsp3) is 0.444. The van der Waals surface area contributed by atoms with Crippen molar-refractivity contribution in [3.63, 3.8) is 0 Å². The van der Waals surface area contributed by atoms with Crippen LogP contribution in [0.15, 0.2) is 24.4 Å². The summed E-state index contributed by atoms with van der Waals surface area (Å²) >= 11 is 0. The van der Waals surface area contributed by atoms with Gasteiger partial charge in [0.05, 0.1) is 26.8 Å². The first kappa shape index (κ1) is 16.4. The van der Waals surface area contributed by atoms with Crippen LogP contribution in [0.2, 0.25) is 0 Å². The maximum absolute atomic E-state index is 12.5. The molecule has 0 saturated heterocycles. The Morgan fingerprint density at radius 1 is 1.33 bits per heavy atom. The Morgan fingerprint density at radius 3 is 2.79 bits per heavy atom. The van der Waals surface area contributed by atoms with E-state index in [1.54, 1.807) is 26.5 Å². The van der Waals surface area contributed by atoms with Crippen LogP contribution in [0.5, 0.6) is 11.5 Å². The van der Waals surface area contributed by atoms with E-state index in [1.165, 1.54) is 12.8 Å². The minimum Gasteiger partial charge on any atom is -0.497 e. The lowest BCUT2D eigenvalue weighted by Gasteiger charge is -2.12. The third-order valence-electron chi connectivity index (χ3n) is 4.25. The van der Waals surface area contributed by atoms with Gasteiger partial charge in [-0.05, 0) is 31.7 Å². The van der Waals surface area contributed by atoms with E-state index in [0.29, 0.717) is 17.4 Å². The van der Waals surface area contributed by atoms with Crippen LogP contribution in [0.3, 0.4) is 0 Å². The molecule has 1 aliphatic carbocycles. The highest BCUT2D eigenvalue weighted by atomic mass is 16.5. The van der Waals surface area contributed by atoms with Gasteiger partial charge in [0, 0.05) is 23.7 Å². The van der Waals surface area contributed by atoms with Gasteiger partial charge in [-0.2, -0.15) is 5.10 Å². The fourth-order valence-electron chi connectivity index (χ4n) is 2.67. The molecule has 1 aromatic heterocycles. The van der Waals surface area contributed by atoms with Crippen LogP contribution in [-0.2, 0) is 17.8 Å². The zero-order chi connectivity index (χ0) is 17.1. The molecular weight excluding hydrogens is 306 g/mol. The van der Waals surface area contributed by atoms with E-state index >= 15 is 0 Å². The summed E-state index contributed by atoms with van der Waals surface area (Å²) < 4.78 is 12.4. The molecule has 0 spiro atoms. The van der Waals surface area contributed by atoms with Gasteiger partial charge >= 0.3 is 0 Å². The smallest absolute Gasteiger partial charge is 0.230 e. The molecule has 1 fully saturated rings. The van der Waals surface area contributed by atoms with Crippen molar-refractivity contribution >= 4 is 11.7 Å². The number of methoxy groups -OCH3 is 2. The van der Waals surface area contributed by atoms with Crippen LogP contribution in [0.25, 0.3) is 0 Å². The molecule has 128 valence electrons. The van der Waals surface area contributed by atoms with Crippen molar-refractivity contribution in [2.75, 3.05) is 19.5 Å². The molecule has 2 aromatic rings. The zero-order valence-electron chi connectivity index (χ0n) is 14.3. The number of aryl methyl sites for hydroxylation is 1. The summed E-state index contributed by atoms with van der Waals surface area (Å²) in [6.45, 7) is 2.83.